The molecular weight excluding hydrogens is 263 g/mol. The Balaban J connectivity index is 2.02. The van der Waals surface area contributed by atoms with Gasteiger partial charge in [-0.15, -0.1) is 10.2 Å². The molecule has 0 radical (unpaired) electrons. The Morgan fingerprint density at radius 1 is 1.24 bits per heavy atom. The average Bonchev–Trinajstić information content (AvgIpc) is 2.34. The first-order valence-corrected chi connectivity index (χ1v) is 6.33. The van der Waals surface area contributed by atoms with E-state index in [1.54, 1.807) is 13.2 Å². The summed E-state index contributed by atoms with van der Waals surface area (Å²) in [6, 6.07) is 1.59. The highest BCUT2D eigenvalue weighted by molar-refractivity contribution is 6.32. The lowest BCUT2D eigenvalue weighted by molar-refractivity contribution is 0.0208. The third kappa shape index (κ3) is 3.44. The maximum atomic E-state index is 5.90. The van der Waals surface area contributed by atoms with Gasteiger partial charge in [0.1, 0.15) is 6.10 Å². The maximum absolute atomic E-state index is 5.90. The van der Waals surface area contributed by atoms with E-state index in [9.17, 15) is 0 Å². The summed E-state index contributed by atoms with van der Waals surface area (Å²) in [5.74, 6) is 0.494. The van der Waals surface area contributed by atoms with Crippen LogP contribution in [0.4, 0.5) is 0 Å². The normalized spacial score (nSPS) is 24.6. The first kappa shape index (κ1) is 12.9. The summed E-state index contributed by atoms with van der Waals surface area (Å²) < 4.78 is 11.1. The van der Waals surface area contributed by atoms with Crippen LogP contribution in [-0.2, 0) is 4.74 Å². The summed E-state index contributed by atoms with van der Waals surface area (Å²) >= 11 is 11.7. The molecule has 6 heteroatoms. The molecule has 0 bridgehead atoms. The zero-order chi connectivity index (χ0) is 12.3. The predicted molar refractivity (Wildman–Crippen MR) is 65.7 cm³/mol. The Labute approximate surface area is 110 Å². The predicted octanol–water partition coefficient (Wildman–Crippen LogP) is 3.12. The van der Waals surface area contributed by atoms with Gasteiger partial charge in [0.05, 0.1) is 6.10 Å². The van der Waals surface area contributed by atoms with Crippen LogP contribution in [0.3, 0.4) is 0 Å². The van der Waals surface area contributed by atoms with Gasteiger partial charge < -0.3 is 9.47 Å². The lowest BCUT2D eigenvalue weighted by Crippen LogP contribution is -2.29. The van der Waals surface area contributed by atoms with Gasteiger partial charge in [0.15, 0.2) is 16.1 Å². The average molecular weight is 277 g/mol. The second-order valence-electron chi connectivity index (χ2n) is 4.09. The summed E-state index contributed by atoms with van der Waals surface area (Å²) in [5.41, 5.74) is 0. The summed E-state index contributed by atoms with van der Waals surface area (Å²) in [7, 11) is 1.73. The SMILES string of the molecule is COC1CCCC(Oc2cc(Cl)nnc2Cl)C1. The molecule has 1 aliphatic carbocycles. The van der Waals surface area contributed by atoms with Gasteiger partial charge in [-0.3, -0.25) is 0 Å². The molecular formula is C11H14Cl2N2O2. The van der Waals surface area contributed by atoms with Crippen molar-refractivity contribution in [1.29, 1.82) is 0 Å². The summed E-state index contributed by atoms with van der Waals surface area (Å²) in [4.78, 5) is 0. The van der Waals surface area contributed by atoms with Crippen molar-refractivity contribution < 1.29 is 9.47 Å². The van der Waals surface area contributed by atoms with E-state index in [4.69, 9.17) is 32.7 Å². The summed E-state index contributed by atoms with van der Waals surface area (Å²) in [6.07, 6.45) is 4.40. The third-order valence-electron chi connectivity index (χ3n) is 2.89. The van der Waals surface area contributed by atoms with Gasteiger partial charge in [-0.2, -0.15) is 0 Å². The molecule has 4 nitrogen and oxygen atoms in total. The summed E-state index contributed by atoms with van der Waals surface area (Å²) in [6.45, 7) is 0. The highest BCUT2D eigenvalue weighted by Crippen LogP contribution is 2.29. The molecule has 1 aliphatic rings. The van der Waals surface area contributed by atoms with Crippen LogP contribution in [0.15, 0.2) is 6.07 Å². The van der Waals surface area contributed by atoms with E-state index in [1.807, 2.05) is 0 Å². The number of hydrogen-bond donors (Lipinski definition) is 0. The van der Waals surface area contributed by atoms with E-state index >= 15 is 0 Å². The van der Waals surface area contributed by atoms with E-state index in [0.717, 1.165) is 25.7 Å². The zero-order valence-corrected chi connectivity index (χ0v) is 11.0. The Hall–Kier alpha value is -0.580. The van der Waals surface area contributed by atoms with Crippen LogP contribution in [-0.4, -0.2) is 29.5 Å². The molecule has 0 aromatic carbocycles. The highest BCUT2D eigenvalue weighted by Gasteiger charge is 2.24. The van der Waals surface area contributed by atoms with Crippen LogP contribution < -0.4 is 4.74 Å². The van der Waals surface area contributed by atoms with Crippen LogP contribution in [0.5, 0.6) is 5.75 Å². The Morgan fingerprint density at radius 2 is 2.00 bits per heavy atom. The molecule has 94 valence electrons. The molecule has 0 amide bonds. The Morgan fingerprint density at radius 3 is 2.76 bits per heavy atom. The van der Waals surface area contributed by atoms with E-state index in [-0.39, 0.29) is 22.5 Å². The fourth-order valence-electron chi connectivity index (χ4n) is 2.02. The molecule has 0 spiro atoms. The lowest BCUT2D eigenvalue weighted by Gasteiger charge is -2.28. The lowest BCUT2D eigenvalue weighted by atomic mass is 9.95. The van der Waals surface area contributed by atoms with Crippen LogP contribution in [0, 0.1) is 0 Å². The maximum Gasteiger partial charge on any atom is 0.193 e. The molecule has 1 fully saturated rings. The van der Waals surface area contributed by atoms with Gasteiger partial charge in [-0.1, -0.05) is 23.2 Å². The second-order valence-corrected chi connectivity index (χ2v) is 4.83. The van der Waals surface area contributed by atoms with Crippen molar-refractivity contribution in [3.05, 3.63) is 16.4 Å². The number of methoxy groups -OCH3 is 1. The Bertz CT molecular complexity index is 390. The first-order chi connectivity index (χ1) is 8.19. The number of aromatic nitrogens is 2. The van der Waals surface area contributed by atoms with E-state index in [1.165, 1.54) is 0 Å². The molecule has 1 aromatic rings. The van der Waals surface area contributed by atoms with Crippen LogP contribution in [0.25, 0.3) is 0 Å². The van der Waals surface area contributed by atoms with Gasteiger partial charge in [0, 0.05) is 19.6 Å². The fraction of sp³-hybridized carbons (Fsp3) is 0.636. The van der Waals surface area contributed by atoms with Crippen molar-refractivity contribution in [3.63, 3.8) is 0 Å². The van der Waals surface area contributed by atoms with E-state index in [2.05, 4.69) is 10.2 Å². The number of rotatable bonds is 3. The second kappa shape index (κ2) is 5.85. The Kier molecular flexibility index (Phi) is 4.42. The molecule has 2 unspecified atom stereocenters. The topological polar surface area (TPSA) is 44.2 Å². The fourth-order valence-corrected chi connectivity index (χ4v) is 2.30. The van der Waals surface area contributed by atoms with Gasteiger partial charge >= 0.3 is 0 Å². The van der Waals surface area contributed by atoms with Gasteiger partial charge in [0.2, 0.25) is 0 Å². The highest BCUT2D eigenvalue weighted by atomic mass is 35.5. The van der Waals surface area contributed by atoms with Crippen molar-refractivity contribution in [2.45, 2.75) is 37.9 Å². The molecule has 0 N–H and O–H groups in total. The van der Waals surface area contributed by atoms with E-state index < -0.39 is 0 Å². The number of halogens is 2. The van der Waals surface area contributed by atoms with Crippen LogP contribution >= 0.6 is 23.2 Å². The zero-order valence-electron chi connectivity index (χ0n) is 9.53. The van der Waals surface area contributed by atoms with Crippen LogP contribution in [0.2, 0.25) is 10.3 Å². The molecule has 1 saturated carbocycles. The van der Waals surface area contributed by atoms with Gasteiger partial charge in [0.25, 0.3) is 0 Å². The van der Waals surface area contributed by atoms with E-state index in [0.29, 0.717) is 5.75 Å². The smallest absolute Gasteiger partial charge is 0.193 e. The molecule has 1 heterocycles. The quantitative estimate of drug-likeness (QED) is 0.851. The minimum atomic E-state index is 0.103. The van der Waals surface area contributed by atoms with Crippen molar-refractivity contribution in [2.24, 2.45) is 0 Å². The van der Waals surface area contributed by atoms with Crippen molar-refractivity contribution in [1.82, 2.24) is 10.2 Å². The molecule has 17 heavy (non-hydrogen) atoms. The standard InChI is InChI=1S/C11H14Cl2N2O2/c1-16-7-3-2-4-8(5-7)17-9-6-10(12)14-15-11(9)13/h6-8H,2-5H2,1H3. The number of hydrogen-bond acceptors (Lipinski definition) is 4. The van der Waals surface area contributed by atoms with Crippen molar-refractivity contribution >= 4 is 23.2 Å². The first-order valence-electron chi connectivity index (χ1n) is 5.57. The minimum absolute atomic E-state index is 0.103. The third-order valence-corrected chi connectivity index (χ3v) is 3.34. The largest absolute Gasteiger partial charge is 0.487 e. The minimum Gasteiger partial charge on any atom is -0.487 e. The molecule has 2 rings (SSSR count). The number of nitrogens with zero attached hydrogens (tertiary/aromatic N) is 2. The molecule has 1 aromatic heterocycles. The molecule has 2 atom stereocenters. The monoisotopic (exact) mass is 276 g/mol. The van der Waals surface area contributed by atoms with Crippen molar-refractivity contribution in [3.8, 4) is 5.75 Å². The molecule has 0 saturated heterocycles. The molecule has 0 aliphatic heterocycles. The van der Waals surface area contributed by atoms with Gasteiger partial charge in [-0.05, 0) is 19.3 Å². The number of ether oxygens (including phenoxy) is 2. The van der Waals surface area contributed by atoms with Crippen LogP contribution in [0.1, 0.15) is 25.7 Å². The van der Waals surface area contributed by atoms with Gasteiger partial charge in [-0.25, -0.2) is 0 Å². The van der Waals surface area contributed by atoms with Crippen molar-refractivity contribution in [2.75, 3.05) is 7.11 Å². The summed E-state index contributed by atoms with van der Waals surface area (Å²) in [5, 5.41) is 7.88.